The molecule has 2 aromatic heterocycles. The summed E-state index contributed by atoms with van der Waals surface area (Å²) in [6.07, 6.45) is 0.384. The van der Waals surface area contributed by atoms with Gasteiger partial charge in [-0.3, -0.25) is 0 Å². The van der Waals surface area contributed by atoms with Gasteiger partial charge in [0, 0.05) is 13.0 Å². The Labute approximate surface area is 130 Å². The van der Waals surface area contributed by atoms with Crippen LogP contribution in [0.2, 0.25) is 0 Å². The Morgan fingerprint density at radius 3 is 2.91 bits per heavy atom. The zero-order valence-electron chi connectivity index (χ0n) is 12.1. The second-order valence-electron chi connectivity index (χ2n) is 4.98. The standard InChI is InChI=1S/C15H17N3O3S/c1-16-8-7-15(20,12-6-3-9-22-12)21-11-5-2-4-10-13(11)18-14(19)17-10/h2-6,9,16,20H,7-8H2,1H3,(H2,17,18,19). The van der Waals surface area contributed by atoms with Gasteiger partial charge in [-0.25, -0.2) is 4.79 Å². The fourth-order valence-electron chi connectivity index (χ4n) is 2.32. The van der Waals surface area contributed by atoms with Crippen molar-refractivity contribution in [1.29, 1.82) is 0 Å². The normalized spacial score (nSPS) is 14.1. The van der Waals surface area contributed by atoms with Gasteiger partial charge in [0.15, 0.2) is 0 Å². The van der Waals surface area contributed by atoms with Crippen LogP contribution in [0.25, 0.3) is 11.0 Å². The van der Waals surface area contributed by atoms with E-state index in [0.717, 1.165) is 4.88 Å². The van der Waals surface area contributed by atoms with Crippen LogP contribution in [0.4, 0.5) is 0 Å². The fourth-order valence-corrected chi connectivity index (χ4v) is 3.11. The third-order valence-electron chi connectivity index (χ3n) is 3.41. The molecule has 0 amide bonds. The molecule has 0 aliphatic carbocycles. The molecule has 0 radical (unpaired) electrons. The predicted octanol–water partition coefficient (Wildman–Crippen LogP) is 1.75. The highest BCUT2D eigenvalue weighted by atomic mass is 32.1. The average Bonchev–Trinajstić information content (AvgIpc) is 3.14. The minimum Gasteiger partial charge on any atom is -0.455 e. The number of ether oxygens (including phenoxy) is 1. The Bertz CT molecular complexity index is 809. The predicted molar refractivity (Wildman–Crippen MR) is 86.3 cm³/mol. The lowest BCUT2D eigenvalue weighted by atomic mass is 10.1. The first-order chi connectivity index (χ1) is 10.6. The highest BCUT2D eigenvalue weighted by molar-refractivity contribution is 7.10. The number of hydrogen-bond donors (Lipinski definition) is 4. The number of para-hydroxylation sites is 1. The molecule has 3 rings (SSSR count). The molecule has 7 heteroatoms. The summed E-state index contributed by atoms with van der Waals surface area (Å²) >= 11 is 1.43. The maximum atomic E-state index is 11.5. The van der Waals surface area contributed by atoms with E-state index in [1.54, 1.807) is 18.2 Å². The van der Waals surface area contributed by atoms with Gasteiger partial charge in [0.1, 0.15) is 11.3 Å². The van der Waals surface area contributed by atoms with Gasteiger partial charge >= 0.3 is 5.69 Å². The second-order valence-corrected chi connectivity index (χ2v) is 5.92. The summed E-state index contributed by atoms with van der Waals surface area (Å²) in [5.41, 5.74) is 0.887. The number of fused-ring (bicyclic) bond motifs is 1. The first-order valence-corrected chi connectivity index (χ1v) is 7.81. The van der Waals surface area contributed by atoms with Gasteiger partial charge < -0.3 is 25.1 Å². The Morgan fingerprint density at radius 1 is 1.32 bits per heavy atom. The van der Waals surface area contributed by atoms with E-state index in [0.29, 0.717) is 29.7 Å². The van der Waals surface area contributed by atoms with Crippen molar-refractivity contribution >= 4 is 22.4 Å². The highest BCUT2D eigenvalue weighted by Crippen LogP contribution is 2.34. The third-order valence-corrected chi connectivity index (χ3v) is 4.41. The van der Waals surface area contributed by atoms with Crippen molar-refractivity contribution in [3.05, 3.63) is 51.1 Å². The number of aromatic nitrogens is 2. The monoisotopic (exact) mass is 319 g/mol. The number of aliphatic hydroxyl groups is 1. The molecule has 22 heavy (non-hydrogen) atoms. The lowest BCUT2D eigenvalue weighted by Gasteiger charge is -2.28. The van der Waals surface area contributed by atoms with E-state index in [9.17, 15) is 9.90 Å². The van der Waals surface area contributed by atoms with Crippen LogP contribution in [-0.4, -0.2) is 28.7 Å². The van der Waals surface area contributed by atoms with Crippen LogP contribution in [0.1, 0.15) is 11.3 Å². The van der Waals surface area contributed by atoms with E-state index < -0.39 is 5.79 Å². The molecule has 4 N–H and O–H groups in total. The Balaban J connectivity index is 2.00. The van der Waals surface area contributed by atoms with Gasteiger partial charge in [-0.1, -0.05) is 12.1 Å². The summed E-state index contributed by atoms with van der Waals surface area (Å²) in [6, 6.07) is 8.98. The van der Waals surface area contributed by atoms with Crippen LogP contribution in [0, 0.1) is 0 Å². The number of aromatic amines is 2. The molecule has 0 aliphatic heterocycles. The van der Waals surface area contributed by atoms with Crippen LogP contribution in [-0.2, 0) is 5.79 Å². The maximum absolute atomic E-state index is 11.5. The Morgan fingerprint density at radius 2 is 2.18 bits per heavy atom. The molecule has 0 spiro atoms. The maximum Gasteiger partial charge on any atom is 0.323 e. The zero-order chi connectivity index (χ0) is 15.6. The Hall–Kier alpha value is -2.09. The number of rotatable bonds is 6. The van der Waals surface area contributed by atoms with Gasteiger partial charge in [-0.15, -0.1) is 11.3 Å². The summed E-state index contributed by atoms with van der Waals surface area (Å²) in [4.78, 5) is 17.6. The van der Waals surface area contributed by atoms with Crippen molar-refractivity contribution < 1.29 is 9.84 Å². The van der Waals surface area contributed by atoms with Gasteiger partial charge in [-0.2, -0.15) is 0 Å². The molecule has 0 bridgehead atoms. The molecule has 3 aromatic rings. The van der Waals surface area contributed by atoms with E-state index in [4.69, 9.17) is 4.74 Å². The largest absolute Gasteiger partial charge is 0.455 e. The number of thiophene rings is 1. The number of imidazole rings is 1. The van der Waals surface area contributed by atoms with Gasteiger partial charge in [-0.05, 0) is 30.6 Å². The van der Waals surface area contributed by atoms with Crippen molar-refractivity contribution in [3.8, 4) is 5.75 Å². The first kappa shape index (κ1) is 14.8. The van der Waals surface area contributed by atoms with E-state index >= 15 is 0 Å². The molecule has 0 saturated carbocycles. The topological polar surface area (TPSA) is 90.1 Å². The molecule has 6 nitrogen and oxygen atoms in total. The lowest BCUT2D eigenvalue weighted by molar-refractivity contribution is -0.146. The summed E-state index contributed by atoms with van der Waals surface area (Å²) in [5.74, 6) is -1.01. The molecule has 1 aromatic carbocycles. The molecular formula is C15H17N3O3S. The molecule has 1 unspecified atom stereocenters. The van der Waals surface area contributed by atoms with E-state index in [1.807, 2.05) is 24.6 Å². The molecule has 0 fully saturated rings. The van der Waals surface area contributed by atoms with E-state index in [-0.39, 0.29) is 5.69 Å². The quantitative estimate of drug-likeness (QED) is 0.521. The zero-order valence-corrected chi connectivity index (χ0v) is 12.9. The minimum atomic E-state index is -1.44. The van der Waals surface area contributed by atoms with Crippen LogP contribution in [0.15, 0.2) is 40.5 Å². The summed E-state index contributed by atoms with van der Waals surface area (Å²) in [6.45, 7) is 0.591. The van der Waals surface area contributed by atoms with Crippen LogP contribution < -0.4 is 15.7 Å². The summed E-state index contributed by atoms with van der Waals surface area (Å²) < 4.78 is 5.91. The molecule has 1 atom stereocenters. The highest BCUT2D eigenvalue weighted by Gasteiger charge is 2.33. The van der Waals surface area contributed by atoms with Crippen LogP contribution >= 0.6 is 11.3 Å². The van der Waals surface area contributed by atoms with Crippen LogP contribution in [0.3, 0.4) is 0 Å². The molecule has 2 heterocycles. The van der Waals surface area contributed by atoms with Crippen molar-refractivity contribution in [1.82, 2.24) is 15.3 Å². The average molecular weight is 319 g/mol. The molecular weight excluding hydrogens is 302 g/mol. The lowest BCUT2D eigenvalue weighted by Crippen LogP contribution is -2.35. The van der Waals surface area contributed by atoms with Crippen LogP contribution in [0.5, 0.6) is 5.75 Å². The van der Waals surface area contributed by atoms with Crippen molar-refractivity contribution in [3.63, 3.8) is 0 Å². The van der Waals surface area contributed by atoms with Gasteiger partial charge in [0.05, 0.1) is 10.4 Å². The van der Waals surface area contributed by atoms with E-state index in [1.165, 1.54) is 11.3 Å². The van der Waals surface area contributed by atoms with E-state index in [2.05, 4.69) is 15.3 Å². The number of nitrogens with one attached hydrogen (secondary N) is 3. The SMILES string of the molecule is CNCCC(O)(Oc1cccc2[nH]c(=O)[nH]c12)c1cccs1. The molecule has 0 saturated heterocycles. The number of hydrogen-bond acceptors (Lipinski definition) is 5. The summed E-state index contributed by atoms with van der Waals surface area (Å²) in [7, 11) is 1.82. The number of H-pyrrole nitrogens is 2. The van der Waals surface area contributed by atoms with Crippen molar-refractivity contribution in [2.75, 3.05) is 13.6 Å². The van der Waals surface area contributed by atoms with Crippen molar-refractivity contribution in [2.45, 2.75) is 12.2 Å². The third kappa shape index (κ3) is 2.78. The van der Waals surface area contributed by atoms with Crippen molar-refractivity contribution in [2.24, 2.45) is 0 Å². The second kappa shape index (κ2) is 5.96. The van der Waals surface area contributed by atoms with Gasteiger partial charge in [0.2, 0.25) is 5.79 Å². The van der Waals surface area contributed by atoms with Gasteiger partial charge in [0.25, 0.3) is 0 Å². The molecule has 0 aliphatic rings. The fraction of sp³-hybridized carbons (Fsp3) is 0.267. The first-order valence-electron chi connectivity index (χ1n) is 6.93. The minimum absolute atomic E-state index is 0.305. The number of benzene rings is 1. The smallest absolute Gasteiger partial charge is 0.323 e. The summed E-state index contributed by atoms with van der Waals surface area (Å²) in [5, 5.41) is 15.9. The Kier molecular flexibility index (Phi) is 4.02. The molecule has 116 valence electrons.